The third-order valence-corrected chi connectivity index (χ3v) is 8.11. The summed E-state index contributed by atoms with van der Waals surface area (Å²) >= 11 is 0. The van der Waals surface area contributed by atoms with Gasteiger partial charge in [0.15, 0.2) is 0 Å². The molecule has 7 atom stereocenters. The molecule has 1 aromatic heterocycles. The van der Waals surface area contributed by atoms with Gasteiger partial charge in [-0.2, -0.15) is 5.26 Å². The number of nitriles is 1. The van der Waals surface area contributed by atoms with Crippen LogP contribution in [0.5, 0.6) is 0 Å². The SMILES string of the molecule is CC(C(=O)N(C)CCC#N)C1CCC2(C)CCC(NC(=O)c3ccncc3)C(C)C2C1O. The molecule has 174 valence electrons. The number of pyridine rings is 1. The molecule has 0 spiro atoms. The number of hydrogen-bond acceptors (Lipinski definition) is 5. The maximum absolute atomic E-state index is 12.9. The van der Waals surface area contributed by atoms with E-state index in [2.05, 4.69) is 30.2 Å². The molecule has 2 amide bonds. The highest BCUT2D eigenvalue weighted by molar-refractivity contribution is 5.94. The molecular formula is C25H36N4O3. The molecule has 7 unspecified atom stereocenters. The summed E-state index contributed by atoms with van der Waals surface area (Å²) in [5.74, 6) is -0.455. The molecule has 7 heteroatoms. The first-order chi connectivity index (χ1) is 15.2. The molecule has 0 saturated heterocycles. The summed E-state index contributed by atoms with van der Waals surface area (Å²) in [6.45, 7) is 6.68. The monoisotopic (exact) mass is 440 g/mol. The normalized spacial score (nSPS) is 32.8. The Kier molecular flexibility index (Phi) is 7.55. The third kappa shape index (κ3) is 4.80. The smallest absolute Gasteiger partial charge is 0.251 e. The lowest BCUT2D eigenvalue weighted by Gasteiger charge is -2.56. The van der Waals surface area contributed by atoms with E-state index in [9.17, 15) is 14.7 Å². The zero-order valence-electron chi connectivity index (χ0n) is 19.6. The van der Waals surface area contributed by atoms with Crippen molar-refractivity contribution in [3.8, 4) is 6.07 Å². The van der Waals surface area contributed by atoms with Gasteiger partial charge in [-0.25, -0.2) is 0 Å². The van der Waals surface area contributed by atoms with Crippen LogP contribution in [0.15, 0.2) is 24.5 Å². The second kappa shape index (κ2) is 9.99. The number of carbonyl (C=O) groups excluding carboxylic acids is 2. The fourth-order valence-electron chi connectivity index (χ4n) is 6.11. The Morgan fingerprint density at radius 3 is 2.66 bits per heavy atom. The van der Waals surface area contributed by atoms with Crippen LogP contribution in [0.4, 0.5) is 0 Å². The van der Waals surface area contributed by atoms with Crippen LogP contribution in [0, 0.1) is 40.4 Å². The van der Waals surface area contributed by atoms with E-state index in [1.54, 1.807) is 36.5 Å². The highest BCUT2D eigenvalue weighted by Crippen LogP contribution is 2.55. The van der Waals surface area contributed by atoms with E-state index < -0.39 is 6.10 Å². The number of rotatable bonds is 6. The molecular weight excluding hydrogens is 404 g/mol. The molecule has 0 radical (unpaired) electrons. The van der Waals surface area contributed by atoms with Crippen LogP contribution in [0.3, 0.4) is 0 Å². The minimum atomic E-state index is -0.604. The van der Waals surface area contributed by atoms with Crippen LogP contribution in [-0.4, -0.2) is 52.5 Å². The van der Waals surface area contributed by atoms with Gasteiger partial charge in [0.25, 0.3) is 5.91 Å². The summed E-state index contributed by atoms with van der Waals surface area (Å²) in [5, 5.41) is 23.5. The van der Waals surface area contributed by atoms with Crippen molar-refractivity contribution < 1.29 is 14.7 Å². The van der Waals surface area contributed by atoms with Gasteiger partial charge >= 0.3 is 0 Å². The van der Waals surface area contributed by atoms with Gasteiger partial charge in [0.05, 0.1) is 18.6 Å². The second-order valence-electron chi connectivity index (χ2n) is 10.0. The summed E-state index contributed by atoms with van der Waals surface area (Å²) in [7, 11) is 1.73. The molecule has 1 heterocycles. The zero-order chi connectivity index (χ0) is 23.5. The Bertz CT molecular complexity index is 854. The fraction of sp³-hybridized carbons (Fsp3) is 0.680. The van der Waals surface area contributed by atoms with Crippen molar-refractivity contribution in [2.45, 2.75) is 65.0 Å². The van der Waals surface area contributed by atoms with Gasteiger partial charge in [0.1, 0.15) is 0 Å². The van der Waals surface area contributed by atoms with Gasteiger partial charge in [-0.05, 0) is 61.0 Å². The second-order valence-corrected chi connectivity index (χ2v) is 10.0. The number of aromatic nitrogens is 1. The lowest BCUT2D eigenvalue weighted by Crippen LogP contribution is -2.58. The summed E-state index contributed by atoms with van der Waals surface area (Å²) in [4.78, 5) is 31.2. The lowest BCUT2D eigenvalue weighted by atomic mass is 9.51. The van der Waals surface area contributed by atoms with Crippen LogP contribution in [0.2, 0.25) is 0 Å². The van der Waals surface area contributed by atoms with E-state index in [0.717, 1.165) is 25.7 Å². The first-order valence-corrected chi connectivity index (χ1v) is 11.7. The van der Waals surface area contributed by atoms with Crippen molar-refractivity contribution in [1.29, 1.82) is 5.26 Å². The summed E-state index contributed by atoms with van der Waals surface area (Å²) in [6, 6.07) is 5.46. The molecule has 0 aromatic carbocycles. The number of hydrogen-bond donors (Lipinski definition) is 2. The molecule has 32 heavy (non-hydrogen) atoms. The highest BCUT2D eigenvalue weighted by Gasteiger charge is 2.54. The van der Waals surface area contributed by atoms with Gasteiger partial charge < -0.3 is 15.3 Å². The number of amides is 2. The van der Waals surface area contributed by atoms with E-state index in [0.29, 0.717) is 18.5 Å². The molecule has 2 fully saturated rings. The quantitative estimate of drug-likeness (QED) is 0.707. The average Bonchev–Trinajstić information content (AvgIpc) is 2.79. The summed E-state index contributed by atoms with van der Waals surface area (Å²) in [5.41, 5.74) is 0.588. The minimum absolute atomic E-state index is 0.00268. The minimum Gasteiger partial charge on any atom is -0.392 e. The number of carbonyl (C=O) groups is 2. The molecule has 0 aliphatic heterocycles. The van der Waals surface area contributed by atoms with Crippen molar-refractivity contribution in [3.05, 3.63) is 30.1 Å². The fourth-order valence-corrected chi connectivity index (χ4v) is 6.11. The van der Waals surface area contributed by atoms with Crippen molar-refractivity contribution >= 4 is 11.8 Å². The molecule has 0 bridgehead atoms. The topological polar surface area (TPSA) is 106 Å². The van der Waals surface area contributed by atoms with Crippen molar-refractivity contribution in [1.82, 2.24) is 15.2 Å². The number of fused-ring (bicyclic) bond motifs is 1. The lowest BCUT2D eigenvalue weighted by molar-refractivity contribution is -0.149. The Labute approximate surface area is 191 Å². The van der Waals surface area contributed by atoms with Crippen LogP contribution < -0.4 is 5.32 Å². The van der Waals surface area contributed by atoms with Gasteiger partial charge in [-0.3, -0.25) is 14.6 Å². The van der Waals surface area contributed by atoms with Gasteiger partial charge in [-0.1, -0.05) is 20.8 Å². The predicted octanol–water partition coefficient (Wildman–Crippen LogP) is 3.01. The molecule has 2 saturated carbocycles. The largest absolute Gasteiger partial charge is 0.392 e. The first kappa shape index (κ1) is 24.2. The maximum atomic E-state index is 12.9. The Balaban J connectivity index is 1.73. The number of nitrogens with zero attached hydrogens (tertiary/aromatic N) is 3. The number of aliphatic hydroxyl groups is 1. The molecule has 2 aliphatic carbocycles. The summed E-state index contributed by atoms with van der Waals surface area (Å²) in [6.07, 6.45) is 6.52. The van der Waals surface area contributed by atoms with Crippen LogP contribution in [0.25, 0.3) is 0 Å². The average molecular weight is 441 g/mol. The highest BCUT2D eigenvalue weighted by atomic mass is 16.3. The third-order valence-electron chi connectivity index (χ3n) is 8.11. The van der Waals surface area contributed by atoms with E-state index in [4.69, 9.17) is 5.26 Å². The number of aliphatic hydroxyl groups excluding tert-OH is 1. The Morgan fingerprint density at radius 2 is 2.00 bits per heavy atom. The standard InChI is InChI=1S/C25H36N4O3/c1-16(24(32)29(4)15-5-12-26)19-6-10-25(3)11-7-20(17(2)21(25)22(19)30)28-23(31)18-8-13-27-14-9-18/h8-9,13-14,16-17,19-22,30H,5-7,10-11,15H2,1-4H3,(H,28,31). The van der Waals surface area contributed by atoms with Crippen molar-refractivity contribution in [3.63, 3.8) is 0 Å². The van der Waals surface area contributed by atoms with E-state index >= 15 is 0 Å². The van der Waals surface area contributed by atoms with E-state index in [1.807, 2.05) is 6.92 Å². The van der Waals surface area contributed by atoms with E-state index in [1.165, 1.54) is 0 Å². The predicted molar refractivity (Wildman–Crippen MR) is 121 cm³/mol. The molecule has 2 N–H and O–H groups in total. The number of nitrogens with one attached hydrogen (secondary N) is 1. The van der Waals surface area contributed by atoms with Crippen LogP contribution in [-0.2, 0) is 4.79 Å². The summed E-state index contributed by atoms with van der Waals surface area (Å²) < 4.78 is 0. The van der Waals surface area contributed by atoms with E-state index in [-0.39, 0.29) is 46.9 Å². The van der Waals surface area contributed by atoms with Crippen LogP contribution >= 0.6 is 0 Å². The Morgan fingerprint density at radius 1 is 1.34 bits per heavy atom. The van der Waals surface area contributed by atoms with Crippen molar-refractivity contribution in [2.75, 3.05) is 13.6 Å². The maximum Gasteiger partial charge on any atom is 0.251 e. The first-order valence-electron chi connectivity index (χ1n) is 11.7. The molecule has 1 aromatic rings. The zero-order valence-corrected chi connectivity index (χ0v) is 19.6. The van der Waals surface area contributed by atoms with Gasteiger partial charge in [-0.15, -0.1) is 0 Å². The van der Waals surface area contributed by atoms with Crippen molar-refractivity contribution in [2.24, 2.45) is 29.1 Å². The molecule has 3 rings (SSSR count). The van der Waals surface area contributed by atoms with Gasteiger partial charge in [0, 0.05) is 43.5 Å². The molecule has 2 aliphatic rings. The molecule has 7 nitrogen and oxygen atoms in total. The Hall–Kier alpha value is -2.46. The van der Waals surface area contributed by atoms with Gasteiger partial charge in [0.2, 0.25) is 5.91 Å². The van der Waals surface area contributed by atoms with Crippen LogP contribution in [0.1, 0.15) is 63.2 Å².